The second kappa shape index (κ2) is 10.5. The van der Waals surface area contributed by atoms with E-state index >= 15 is 0 Å². The molecule has 7 atom stereocenters. The first-order valence-electron chi connectivity index (χ1n) is 15.3. The van der Waals surface area contributed by atoms with Crippen LogP contribution in [0.1, 0.15) is 63.9 Å². The van der Waals surface area contributed by atoms with Gasteiger partial charge in [0.1, 0.15) is 11.9 Å². The number of carboxylic acid groups (broad SMARTS) is 2. The van der Waals surface area contributed by atoms with Crippen molar-refractivity contribution >= 4 is 23.8 Å². The van der Waals surface area contributed by atoms with Crippen molar-refractivity contribution in [3.05, 3.63) is 58.4 Å². The Morgan fingerprint density at radius 1 is 0.978 bits per heavy atom. The number of carboxylic acids is 2. The average Bonchev–Trinajstić information content (AvgIpc) is 3.71. The van der Waals surface area contributed by atoms with Crippen LogP contribution in [0, 0.1) is 11.7 Å². The first-order chi connectivity index (χ1) is 21.8. The fourth-order valence-corrected chi connectivity index (χ4v) is 8.52. The third-order valence-corrected chi connectivity index (χ3v) is 10.7. The van der Waals surface area contributed by atoms with E-state index in [-0.39, 0.29) is 22.9 Å². The summed E-state index contributed by atoms with van der Waals surface area (Å²) in [5.74, 6) is -4.00. The van der Waals surface area contributed by atoms with Gasteiger partial charge in [0.2, 0.25) is 0 Å². The maximum atomic E-state index is 13.9. The molecule has 3 aliphatic heterocycles. The number of hydrogen-bond donors (Lipinski definition) is 6. The normalized spacial score (nSPS) is 31.7. The highest BCUT2D eigenvalue weighted by atomic mass is 19.1. The van der Waals surface area contributed by atoms with E-state index < -0.39 is 64.9 Å². The van der Waals surface area contributed by atoms with Gasteiger partial charge in [-0.15, -0.1) is 0 Å². The molecule has 244 valence electrons. The number of aliphatic carboxylic acids is 2. The molecule has 14 heteroatoms. The zero-order valence-electron chi connectivity index (χ0n) is 24.5. The summed E-state index contributed by atoms with van der Waals surface area (Å²) in [6.07, 6.45) is -0.652. The molecule has 6 N–H and O–H groups in total. The molecular formula is C32H33FN2O11. The van der Waals surface area contributed by atoms with Crippen molar-refractivity contribution in [1.82, 2.24) is 9.80 Å². The van der Waals surface area contributed by atoms with E-state index in [1.165, 1.54) is 29.9 Å². The van der Waals surface area contributed by atoms with Gasteiger partial charge in [-0.3, -0.25) is 19.4 Å². The number of amides is 2. The fourth-order valence-electron chi connectivity index (χ4n) is 8.52. The summed E-state index contributed by atoms with van der Waals surface area (Å²) < 4.78 is 20.4. The number of benzene rings is 2. The SMILES string of the molecule is O=C(O)C(O)C(O)C(=O)O.O=C1c2ccc(F)cc2C(=O)N1[C@@H]1CCC2(O)[C@H]3Cc4ccc(O)c5c4[C@@]2(CCN3CC2CC2)[C@H]1O5. The first-order valence-corrected chi connectivity index (χ1v) is 15.3. The molecule has 46 heavy (non-hydrogen) atoms. The molecule has 6 aliphatic rings. The molecule has 3 heterocycles. The Labute approximate surface area is 261 Å². The van der Waals surface area contributed by atoms with E-state index in [0.717, 1.165) is 30.3 Å². The molecule has 2 aromatic carbocycles. The van der Waals surface area contributed by atoms with Crippen molar-refractivity contribution in [2.45, 2.75) is 79.9 Å². The van der Waals surface area contributed by atoms with Crippen molar-refractivity contribution in [1.29, 1.82) is 0 Å². The van der Waals surface area contributed by atoms with Gasteiger partial charge in [-0.2, -0.15) is 0 Å². The number of hydrogen-bond acceptors (Lipinski definition) is 10. The lowest BCUT2D eigenvalue weighted by molar-refractivity contribution is -0.196. The van der Waals surface area contributed by atoms with Crippen LogP contribution in [-0.2, 0) is 21.4 Å². The van der Waals surface area contributed by atoms with Crippen LogP contribution in [0.5, 0.6) is 11.5 Å². The van der Waals surface area contributed by atoms with E-state index in [0.29, 0.717) is 37.4 Å². The van der Waals surface area contributed by atoms with E-state index in [1.807, 2.05) is 6.07 Å². The minimum atomic E-state index is -2.27. The highest BCUT2D eigenvalue weighted by molar-refractivity contribution is 6.21. The van der Waals surface area contributed by atoms with Crippen LogP contribution < -0.4 is 4.74 Å². The van der Waals surface area contributed by atoms with E-state index in [2.05, 4.69) is 4.90 Å². The monoisotopic (exact) mass is 640 g/mol. The number of aliphatic hydroxyl groups is 3. The molecule has 3 aliphatic carbocycles. The molecule has 1 spiro atoms. The molecule has 2 bridgehead atoms. The fraction of sp³-hybridized carbons (Fsp3) is 0.500. The van der Waals surface area contributed by atoms with Crippen LogP contribution in [0.25, 0.3) is 0 Å². The lowest BCUT2D eigenvalue weighted by Gasteiger charge is -2.64. The number of imide groups is 1. The van der Waals surface area contributed by atoms with Crippen molar-refractivity contribution in [2.75, 3.05) is 13.1 Å². The maximum absolute atomic E-state index is 13.9. The second-order valence-corrected chi connectivity index (χ2v) is 13.1. The third-order valence-electron chi connectivity index (χ3n) is 10.7. The van der Waals surface area contributed by atoms with Crippen LogP contribution in [0.3, 0.4) is 0 Å². The summed E-state index contributed by atoms with van der Waals surface area (Å²) >= 11 is 0. The number of fused-ring (bicyclic) bond motifs is 1. The van der Waals surface area contributed by atoms with Gasteiger partial charge < -0.3 is 35.4 Å². The van der Waals surface area contributed by atoms with Gasteiger partial charge in [0, 0.05) is 18.2 Å². The molecule has 13 nitrogen and oxygen atoms in total. The maximum Gasteiger partial charge on any atom is 0.335 e. The molecule has 3 unspecified atom stereocenters. The Morgan fingerprint density at radius 3 is 2.30 bits per heavy atom. The number of aliphatic hydroxyl groups excluding tert-OH is 2. The Kier molecular flexibility index (Phi) is 6.94. The Balaban J connectivity index is 0.000000296. The summed E-state index contributed by atoms with van der Waals surface area (Å²) in [5.41, 5.74) is 0.244. The number of nitrogens with zero attached hydrogens (tertiary/aromatic N) is 2. The Bertz CT molecular complexity index is 1660. The standard InChI is InChI=1S/C28H27FN2O5.C4H6O6/c29-16-4-5-17-18(12-16)26(34)31(25(17)33)19-7-8-28(35)21-11-15-3-6-20(32)23-22(15)27(28,24(19)36-23)9-10-30(21)13-14-1-2-14;5-1(3(7)8)2(6)4(9)10/h3-6,12,14,19,21,24,32,35H,1-2,7-11,13H2;1-2,5-6H,(H,7,8)(H,9,10)/t19-,21-,24+,27+,28?;/m1./s1. The number of ether oxygens (including phenoxy) is 1. The molecule has 2 aromatic rings. The number of carbonyl (C=O) groups excluding carboxylic acids is 2. The lowest BCUT2D eigenvalue weighted by atomic mass is 9.48. The summed E-state index contributed by atoms with van der Waals surface area (Å²) in [6, 6.07) is 6.54. The molecule has 0 aromatic heterocycles. The number of phenolic OH excluding ortho intramolecular Hbond substituents is 1. The summed E-state index contributed by atoms with van der Waals surface area (Å²) in [4.78, 5) is 50.1. The molecule has 2 amide bonds. The van der Waals surface area contributed by atoms with Crippen LogP contribution in [0.2, 0.25) is 0 Å². The van der Waals surface area contributed by atoms with Gasteiger partial charge in [-0.25, -0.2) is 14.0 Å². The molecule has 1 saturated heterocycles. The summed E-state index contributed by atoms with van der Waals surface area (Å²) in [6.45, 7) is 1.76. The van der Waals surface area contributed by atoms with Gasteiger partial charge in [0.05, 0.1) is 28.2 Å². The minimum Gasteiger partial charge on any atom is -0.504 e. The second-order valence-electron chi connectivity index (χ2n) is 13.1. The predicted octanol–water partition coefficient (Wildman–Crippen LogP) is 0.638. The van der Waals surface area contributed by atoms with Crippen LogP contribution in [-0.4, -0.2) is 113 Å². The third kappa shape index (κ3) is 4.20. The van der Waals surface area contributed by atoms with E-state index in [4.69, 9.17) is 25.2 Å². The number of phenols is 1. The number of aromatic hydroxyl groups is 1. The number of piperidine rings is 1. The van der Waals surface area contributed by atoms with Gasteiger partial charge >= 0.3 is 11.9 Å². The van der Waals surface area contributed by atoms with Crippen LogP contribution in [0.4, 0.5) is 4.39 Å². The minimum absolute atomic E-state index is 0.0157. The van der Waals surface area contributed by atoms with Gasteiger partial charge in [0.25, 0.3) is 11.8 Å². The molecule has 8 rings (SSSR count). The highest BCUT2D eigenvalue weighted by Gasteiger charge is 2.74. The van der Waals surface area contributed by atoms with E-state index in [9.17, 15) is 33.8 Å². The van der Waals surface area contributed by atoms with Crippen molar-refractivity contribution in [3.63, 3.8) is 0 Å². The Hall–Kier alpha value is -4.11. The summed E-state index contributed by atoms with van der Waals surface area (Å²) in [7, 11) is 0. The van der Waals surface area contributed by atoms with Gasteiger partial charge in [-0.1, -0.05) is 6.07 Å². The molecular weight excluding hydrogens is 607 g/mol. The Morgan fingerprint density at radius 2 is 1.65 bits per heavy atom. The number of halogens is 1. The zero-order chi connectivity index (χ0) is 32.9. The average molecular weight is 641 g/mol. The van der Waals surface area contributed by atoms with E-state index in [1.54, 1.807) is 6.07 Å². The van der Waals surface area contributed by atoms with Gasteiger partial charge in [-0.05, 0) is 80.8 Å². The molecule has 2 saturated carbocycles. The van der Waals surface area contributed by atoms with Crippen molar-refractivity contribution in [3.8, 4) is 11.5 Å². The quantitative estimate of drug-likeness (QED) is 0.241. The van der Waals surface area contributed by atoms with Gasteiger partial charge in [0.15, 0.2) is 23.7 Å². The zero-order valence-corrected chi connectivity index (χ0v) is 24.5. The number of rotatable bonds is 6. The molecule has 0 radical (unpaired) electrons. The van der Waals surface area contributed by atoms with Crippen LogP contribution in [0.15, 0.2) is 30.3 Å². The smallest absolute Gasteiger partial charge is 0.335 e. The highest BCUT2D eigenvalue weighted by Crippen LogP contribution is 2.66. The first kappa shape index (κ1) is 30.5. The van der Waals surface area contributed by atoms with Crippen molar-refractivity contribution < 1.29 is 58.9 Å². The molecule has 3 fully saturated rings. The van der Waals surface area contributed by atoms with Crippen LogP contribution >= 0.6 is 0 Å². The lowest BCUT2D eigenvalue weighted by Crippen LogP contribution is -2.78. The topological polar surface area (TPSA) is 205 Å². The number of likely N-dealkylation sites (tertiary alicyclic amines) is 1. The van der Waals surface area contributed by atoms with Crippen molar-refractivity contribution in [2.24, 2.45) is 5.92 Å². The largest absolute Gasteiger partial charge is 0.504 e. The predicted molar refractivity (Wildman–Crippen MR) is 153 cm³/mol. The summed E-state index contributed by atoms with van der Waals surface area (Å²) in [5, 5.41) is 55.9. The number of carbonyl (C=O) groups is 4.